The molecular weight excluding hydrogens is 350 g/mol. The molecule has 0 radical (unpaired) electrons. The lowest BCUT2D eigenvalue weighted by molar-refractivity contribution is -0.116. The third-order valence-corrected chi connectivity index (χ3v) is 4.51. The number of hydrogen-bond acceptors (Lipinski definition) is 3. The van der Waals surface area contributed by atoms with E-state index in [-0.39, 0.29) is 11.5 Å². The van der Waals surface area contributed by atoms with E-state index in [0.717, 1.165) is 19.3 Å². The molecule has 6 heteroatoms. The molecule has 0 spiro atoms. The molecule has 0 bridgehead atoms. The van der Waals surface area contributed by atoms with E-state index in [4.69, 9.17) is 11.6 Å². The number of carbonyl (C=O) groups is 1. The lowest BCUT2D eigenvalue weighted by Crippen LogP contribution is -2.20. The van der Waals surface area contributed by atoms with Crippen LogP contribution in [0, 0.1) is 0 Å². The smallest absolute Gasteiger partial charge is 0.261 e. The van der Waals surface area contributed by atoms with E-state index in [0.29, 0.717) is 34.6 Å². The maximum atomic E-state index is 12.4. The topological polar surface area (TPSA) is 64.0 Å². The zero-order valence-electron chi connectivity index (χ0n) is 14.3. The van der Waals surface area contributed by atoms with Crippen molar-refractivity contribution in [1.82, 2.24) is 9.55 Å². The van der Waals surface area contributed by atoms with Crippen molar-refractivity contribution >= 4 is 34.1 Å². The van der Waals surface area contributed by atoms with Gasteiger partial charge in [-0.1, -0.05) is 42.3 Å². The molecule has 0 saturated heterocycles. The van der Waals surface area contributed by atoms with Gasteiger partial charge < -0.3 is 5.32 Å². The molecule has 1 heterocycles. The number of benzene rings is 2. The van der Waals surface area contributed by atoms with Crippen LogP contribution in [0.5, 0.6) is 0 Å². The summed E-state index contributed by atoms with van der Waals surface area (Å²) in [5.41, 5.74) is 1.32. The average molecular weight is 370 g/mol. The van der Waals surface area contributed by atoms with Gasteiger partial charge in [0.25, 0.3) is 5.56 Å². The molecule has 0 aliphatic heterocycles. The van der Waals surface area contributed by atoms with Crippen molar-refractivity contribution in [2.24, 2.45) is 0 Å². The zero-order valence-corrected chi connectivity index (χ0v) is 15.1. The molecule has 0 unspecified atom stereocenters. The number of unbranched alkanes of at least 4 members (excludes halogenated alkanes) is 2. The van der Waals surface area contributed by atoms with E-state index < -0.39 is 0 Å². The number of nitrogens with zero attached hydrogens (tertiary/aromatic N) is 2. The molecule has 1 aromatic heterocycles. The monoisotopic (exact) mass is 369 g/mol. The summed E-state index contributed by atoms with van der Waals surface area (Å²) in [5, 5.41) is 3.98. The van der Waals surface area contributed by atoms with Gasteiger partial charge in [-0.3, -0.25) is 14.2 Å². The fourth-order valence-electron chi connectivity index (χ4n) is 2.79. The van der Waals surface area contributed by atoms with E-state index in [1.54, 1.807) is 29.1 Å². The fourth-order valence-corrected chi connectivity index (χ4v) is 2.97. The number of anilines is 1. The lowest BCUT2D eigenvalue weighted by atomic mass is 10.2. The number of amides is 1. The molecule has 0 aliphatic rings. The van der Waals surface area contributed by atoms with Crippen LogP contribution >= 0.6 is 11.6 Å². The first-order valence-electron chi connectivity index (χ1n) is 8.64. The maximum absolute atomic E-state index is 12.4. The predicted octanol–water partition coefficient (Wildman–Crippen LogP) is 4.25. The average Bonchev–Trinajstić information content (AvgIpc) is 2.65. The Morgan fingerprint density at radius 1 is 1.04 bits per heavy atom. The van der Waals surface area contributed by atoms with Crippen molar-refractivity contribution in [3.8, 4) is 0 Å². The van der Waals surface area contributed by atoms with Gasteiger partial charge >= 0.3 is 0 Å². The highest BCUT2D eigenvalue weighted by Crippen LogP contribution is 2.20. The van der Waals surface area contributed by atoms with Crippen molar-refractivity contribution in [3.05, 3.63) is 70.2 Å². The van der Waals surface area contributed by atoms with Gasteiger partial charge in [0.2, 0.25) is 5.91 Å². The summed E-state index contributed by atoms with van der Waals surface area (Å²) >= 11 is 6.02. The minimum absolute atomic E-state index is 0.0212. The summed E-state index contributed by atoms with van der Waals surface area (Å²) in [4.78, 5) is 28.7. The Morgan fingerprint density at radius 3 is 2.65 bits per heavy atom. The van der Waals surface area contributed by atoms with Crippen LogP contribution in [0.1, 0.15) is 25.7 Å². The van der Waals surface area contributed by atoms with Crippen LogP contribution in [0.15, 0.2) is 59.7 Å². The summed E-state index contributed by atoms with van der Waals surface area (Å²) in [5.74, 6) is -0.0531. The summed E-state index contributed by atoms with van der Waals surface area (Å²) in [7, 11) is 0. The Bertz CT molecular complexity index is 968. The summed E-state index contributed by atoms with van der Waals surface area (Å²) < 4.78 is 1.63. The highest BCUT2D eigenvalue weighted by molar-refractivity contribution is 6.33. The molecule has 1 N–H and O–H groups in total. The van der Waals surface area contributed by atoms with E-state index in [2.05, 4.69) is 10.3 Å². The first kappa shape index (κ1) is 18.1. The molecule has 3 rings (SSSR count). The largest absolute Gasteiger partial charge is 0.325 e. The number of aryl methyl sites for hydroxylation is 1. The van der Waals surface area contributed by atoms with Gasteiger partial charge in [-0.05, 0) is 37.1 Å². The first-order valence-corrected chi connectivity index (χ1v) is 9.01. The number of halogens is 1. The third-order valence-electron chi connectivity index (χ3n) is 4.18. The van der Waals surface area contributed by atoms with Crippen LogP contribution in [0.25, 0.3) is 10.9 Å². The molecule has 0 fully saturated rings. The maximum Gasteiger partial charge on any atom is 0.261 e. The molecular formula is C20H20ClN3O2. The van der Waals surface area contributed by atoms with Crippen molar-refractivity contribution in [3.63, 3.8) is 0 Å². The quantitative estimate of drug-likeness (QED) is 0.633. The second kappa shape index (κ2) is 8.63. The Hall–Kier alpha value is -2.66. The number of nitrogens with one attached hydrogen (secondary N) is 1. The van der Waals surface area contributed by atoms with Crippen LogP contribution in [0.3, 0.4) is 0 Å². The summed E-state index contributed by atoms with van der Waals surface area (Å²) in [6.07, 6.45) is 4.45. The molecule has 5 nitrogen and oxygen atoms in total. The van der Waals surface area contributed by atoms with Gasteiger partial charge in [-0.2, -0.15) is 0 Å². The highest BCUT2D eigenvalue weighted by atomic mass is 35.5. The van der Waals surface area contributed by atoms with Gasteiger partial charge in [-0.15, -0.1) is 0 Å². The summed E-state index contributed by atoms with van der Waals surface area (Å²) in [6, 6.07) is 14.5. The van der Waals surface area contributed by atoms with Gasteiger partial charge in [-0.25, -0.2) is 4.98 Å². The SMILES string of the molecule is O=C(CCCCCn1cnc2ccccc2c1=O)Nc1ccccc1Cl. The number of para-hydroxylation sites is 2. The van der Waals surface area contributed by atoms with E-state index >= 15 is 0 Å². The van der Waals surface area contributed by atoms with Crippen molar-refractivity contribution in [1.29, 1.82) is 0 Å². The van der Waals surface area contributed by atoms with Crippen molar-refractivity contribution in [2.45, 2.75) is 32.2 Å². The van der Waals surface area contributed by atoms with Crippen LogP contribution in [0.2, 0.25) is 5.02 Å². The van der Waals surface area contributed by atoms with Gasteiger partial charge in [0.1, 0.15) is 0 Å². The number of rotatable bonds is 7. The third kappa shape index (κ3) is 4.49. The van der Waals surface area contributed by atoms with Crippen molar-refractivity contribution in [2.75, 3.05) is 5.32 Å². The molecule has 0 saturated carbocycles. The Labute approximate surface area is 156 Å². The van der Waals surface area contributed by atoms with Crippen LogP contribution in [-0.2, 0) is 11.3 Å². The van der Waals surface area contributed by atoms with E-state index in [9.17, 15) is 9.59 Å². The van der Waals surface area contributed by atoms with Crippen LogP contribution in [-0.4, -0.2) is 15.5 Å². The van der Waals surface area contributed by atoms with Gasteiger partial charge in [0.05, 0.1) is 27.9 Å². The predicted molar refractivity (Wildman–Crippen MR) is 105 cm³/mol. The van der Waals surface area contributed by atoms with Gasteiger partial charge in [0, 0.05) is 13.0 Å². The second-order valence-electron chi connectivity index (χ2n) is 6.10. The minimum Gasteiger partial charge on any atom is -0.325 e. The Morgan fingerprint density at radius 2 is 1.81 bits per heavy atom. The normalized spacial score (nSPS) is 10.8. The van der Waals surface area contributed by atoms with Crippen molar-refractivity contribution < 1.29 is 4.79 Å². The number of carbonyl (C=O) groups excluding carboxylic acids is 1. The molecule has 0 atom stereocenters. The highest BCUT2D eigenvalue weighted by Gasteiger charge is 2.06. The second-order valence-corrected chi connectivity index (χ2v) is 6.51. The standard InChI is InChI=1S/C20H20ClN3O2/c21-16-9-4-6-11-18(16)23-19(25)12-2-1-7-13-24-14-22-17-10-5-3-8-15(17)20(24)26/h3-6,8-11,14H,1-2,7,12-13H2,(H,23,25). The lowest BCUT2D eigenvalue weighted by Gasteiger charge is -2.08. The van der Waals surface area contributed by atoms with E-state index in [1.165, 1.54) is 0 Å². The molecule has 0 aliphatic carbocycles. The van der Waals surface area contributed by atoms with E-state index in [1.807, 2.05) is 30.3 Å². The Balaban J connectivity index is 1.45. The number of hydrogen-bond donors (Lipinski definition) is 1. The molecule has 1 amide bonds. The summed E-state index contributed by atoms with van der Waals surface area (Å²) in [6.45, 7) is 0.600. The fraction of sp³-hybridized carbons (Fsp3) is 0.250. The Kier molecular flexibility index (Phi) is 6.02. The minimum atomic E-state index is -0.0531. The van der Waals surface area contributed by atoms with Gasteiger partial charge in [0.15, 0.2) is 0 Å². The van der Waals surface area contributed by atoms with Crippen LogP contribution in [0.4, 0.5) is 5.69 Å². The zero-order chi connectivity index (χ0) is 18.4. The first-order chi connectivity index (χ1) is 12.6. The van der Waals surface area contributed by atoms with Crippen LogP contribution < -0.4 is 10.9 Å². The molecule has 2 aromatic carbocycles. The number of aromatic nitrogens is 2. The number of fused-ring (bicyclic) bond motifs is 1. The molecule has 3 aromatic rings. The molecule has 134 valence electrons. The molecule has 26 heavy (non-hydrogen) atoms.